The molecular weight excluding hydrogens is 154 g/mol. The topological polar surface area (TPSA) is 51.0 Å². The molecule has 0 amide bonds. The van der Waals surface area contributed by atoms with Gasteiger partial charge in [0, 0.05) is 5.41 Å². The lowest BCUT2D eigenvalue weighted by atomic mass is 9.96. The van der Waals surface area contributed by atoms with E-state index in [0.717, 1.165) is 5.82 Å². The second-order valence-corrected chi connectivity index (χ2v) is 3.79. The van der Waals surface area contributed by atoms with E-state index in [9.17, 15) is 0 Å². The summed E-state index contributed by atoms with van der Waals surface area (Å²) in [7, 11) is 1.85. The van der Waals surface area contributed by atoms with Crippen molar-refractivity contribution in [3.8, 4) is 0 Å². The minimum absolute atomic E-state index is 0.0323. The summed E-state index contributed by atoms with van der Waals surface area (Å²) < 4.78 is 5.01. The smallest absolute Gasteiger partial charge is 0.240 e. The Kier molecular flexibility index (Phi) is 2.47. The van der Waals surface area contributed by atoms with Crippen LogP contribution < -0.4 is 5.32 Å². The molecule has 0 unspecified atom stereocenters. The van der Waals surface area contributed by atoms with E-state index in [1.54, 1.807) is 0 Å². The van der Waals surface area contributed by atoms with Crippen LogP contribution in [0.4, 0.5) is 0 Å². The van der Waals surface area contributed by atoms with Crippen LogP contribution in [0.15, 0.2) is 4.52 Å². The van der Waals surface area contributed by atoms with Gasteiger partial charge in [-0.05, 0) is 7.05 Å². The van der Waals surface area contributed by atoms with Gasteiger partial charge in [0.1, 0.15) is 0 Å². The predicted molar refractivity (Wildman–Crippen MR) is 45.8 cm³/mol. The number of hydrogen-bond donors (Lipinski definition) is 1. The second-order valence-electron chi connectivity index (χ2n) is 3.79. The maximum Gasteiger partial charge on any atom is 0.240 e. The van der Waals surface area contributed by atoms with Crippen molar-refractivity contribution in [1.29, 1.82) is 0 Å². The average Bonchev–Trinajstić information content (AvgIpc) is 2.35. The molecule has 68 valence electrons. The van der Waals surface area contributed by atoms with Gasteiger partial charge in [-0.2, -0.15) is 4.98 Å². The van der Waals surface area contributed by atoms with Gasteiger partial charge in [0.25, 0.3) is 0 Å². The summed E-state index contributed by atoms with van der Waals surface area (Å²) in [4.78, 5) is 4.23. The van der Waals surface area contributed by atoms with Gasteiger partial charge in [-0.25, -0.2) is 0 Å². The molecule has 1 N–H and O–H groups in total. The summed E-state index contributed by atoms with van der Waals surface area (Å²) in [6, 6.07) is 0. The highest BCUT2D eigenvalue weighted by molar-refractivity contribution is 4.99. The first-order chi connectivity index (χ1) is 5.54. The largest absolute Gasteiger partial charge is 0.338 e. The van der Waals surface area contributed by atoms with Gasteiger partial charge in [0.05, 0.1) is 6.54 Å². The molecule has 0 fully saturated rings. The highest BCUT2D eigenvalue weighted by Crippen LogP contribution is 2.18. The predicted octanol–water partition coefficient (Wildman–Crippen LogP) is 1.09. The number of nitrogens with one attached hydrogen (secondary N) is 1. The van der Waals surface area contributed by atoms with Crippen molar-refractivity contribution < 1.29 is 4.52 Å². The third-order valence-electron chi connectivity index (χ3n) is 1.47. The lowest BCUT2D eigenvalue weighted by molar-refractivity contribution is 0.358. The molecule has 0 atom stereocenters. The Morgan fingerprint density at radius 2 is 2.08 bits per heavy atom. The standard InChI is InChI=1S/C8H15N3O/c1-8(2,3)7-10-6(5-9-4)12-11-7/h9H,5H2,1-4H3. The van der Waals surface area contributed by atoms with Crippen molar-refractivity contribution in [1.82, 2.24) is 15.5 Å². The fourth-order valence-electron chi connectivity index (χ4n) is 0.783. The van der Waals surface area contributed by atoms with Gasteiger partial charge in [-0.1, -0.05) is 25.9 Å². The molecule has 4 nitrogen and oxygen atoms in total. The van der Waals surface area contributed by atoms with Crippen LogP contribution in [0.25, 0.3) is 0 Å². The summed E-state index contributed by atoms with van der Waals surface area (Å²) in [6.07, 6.45) is 0. The van der Waals surface area contributed by atoms with Crippen molar-refractivity contribution in [3.63, 3.8) is 0 Å². The molecule has 1 heterocycles. The summed E-state index contributed by atoms with van der Waals surface area (Å²) in [5.74, 6) is 1.40. The SMILES string of the molecule is CNCc1nc(C(C)(C)C)no1. The van der Waals surface area contributed by atoms with E-state index in [2.05, 4.69) is 36.2 Å². The van der Waals surface area contributed by atoms with Crippen molar-refractivity contribution in [3.05, 3.63) is 11.7 Å². The van der Waals surface area contributed by atoms with E-state index in [1.807, 2.05) is 7.05 Å². The van der Waals surface area contributed by atoms with Crippen LogP contribution in [0.5, 0.6) is 0 Å². The van der Waals surface area contributed by atoms with Crippen molar-refractivity contribution in [2.24, 2.45) is 0 Å². The third kappa shape index (κ3) is 2.04. The van der Waals surface area contributed by atoms with Crippen LogP contribution in [-0.4, -0.2) is 17.2 Å². The molecule has 0 bridgehead atoms. The Morgan fingerprint density at radius 3 is 2.50 bits per heavy atom. The normalized spacial score (nSPS) is 12.0. The van der Waals surface area contributed by atoms with Crippen LogP contribution >= 0.6 is 0 Å². The third-order valence-corrected chi connectivity index (χ3v) is 1.47. The Hall–Kier alpha value is -0.900. The molecular formula is C8H15N3O. The zero-order chi connectivity index (χ0) is 9.19. The number of rotatable bonds is 2. The maximum absolute atomic E-state index is 5.01. The Balaban J connectivity index is 2.77. The lowest BCUT2D eigenvalue weighted by Crippen LogP contribution is -2.13. The van der Waals surface area contributed by atoms with Gasteiger partial charge < -0.3 is 9.84 Å². The van der Waals surface area contributed by atoms with Crippen LogP contribution in [0, 0.1) is 0 Å². The fourth-order valence-corrected chi connectivity index (χ4v) is 0.783. The number of hydrogen-bond acceptors (Lipinski definition) is 4. The molecule has 1 rings (SSSR count). The van der Waals surface area contributed by atoms with E-state index >= 15 is 0 Å². The lowest BCUT2D eigenvalue weighted by Gasteiger charge is -2.10. The average molecular weight is 169 g/mol. The molecule has 0 aliphatic rings. The van der Waals surface area contributed by atoms with Crippen LogP contribution in [-0.2, 0) is 12.0 Å². The summed E-state index contributed by atoms with van der Waals surface area (Å²) in [6.45, 7) is 6.80. The van der Waals surface area contributed by atoms with Gasteiger partial charge in [0.15, 0.2) is 5.82 Å². The maximum atomic E-state index is 5.01. The Morgan fingerprint density at radius 1 is 1.42 bits per heavy atom. The van der Waals surface area contributed by atoms with E-state index < -0.39 is 0 Å². The molecule has 0 aliphatic carbocycles. The summed E-state index contributed by atoms with van der Waals surface area (Å²) in [5.41, 5.74) is -0.0323. The van der Waals surface area contributed by atoms with Crippen molar-refractivity contribution in [2.75, 3.05) is 7.05 Å². The van der Waals surface area contributed by atoms with E-state index in [-0.39, 0.29) is 5.41 Å². The van der Waals surface area contributed by atoms with Crippen LogP contribution in [0.1, 0.15) is 32.5 Å². The van der Waals surface area contributed by atoms with Crippen molar-refractivity contribution >= 4 is 0 Å². The van der Waals surface area contributed by atoms with Gasteiger partial charge in [-0.3, -0.25) is 0 Å². The summed E-state index contributed by atoms with van der Waals surface area (Å²) >= 11 is 0. The molecule has 0 aliphatic heterocycles. The molecule has 0 radical (unpaired) electrons. The highest BCUT2D eigenvalue weighted by Gasteiger charge is 2.20. The Labute approximate surface area is 72.4 Å². The molecule has 12 heavy (non-hydrogen) atoms. The van der Waals surface area contributed by atoms with E-state index in [0.29, 0.717) is 12.4 Å². The first kappa shape index (κ1) is 9.19. The first-order valence-corrected chi connectivity index (χ1v) is 4.01. The van der Waals surface area contributed by atoms with Crippen LogP contribution in [0.3, 0.4) is 0 Å². The molecule has 0 saturated heterocycles. The second kappa shape index (κ2) is 3.23. The monoisotopic (exact) mass is 169 g/mol. The molecule has 0 aromatic carbocycles. The molecule has 1 aromatic rings. The molecule has 1 aromatic heterocycles. The quantitative estimate of drug-likeness (QED) is 0.720. The zero-order valence-corrected chi connectivity index (χ0v) is 8.01. The number of nitrogens with zero attached hydrogens (tertiary/aromatic N) is 2. The minimum atomic E-state index is -0.0323. The highest BCUT2D eigenvalue weighted by atomic mass is 16.5. The molecule has 0 saturated carbocycles. The van der Waals surface area contributed by atoms with Gasteiger partial charge in [0.2, 0.25) is 5.89 Å². The van der Waals surface area contributed by atoms with E-state index in [1.165, 1.54) is 0 Å². The van der Waals surface area contributed by atoms with Crippen LogP contribution in [0.2, 0.25) is 0 Å². The molecule has 4 heteroatoms. The fraction of sp³-hybridized carbons (Fsp3) is 0.750. The molecule has 0 spiro atoms. The Bertz CT molecular complexity index is 249. The first-order valence-electron chi connectivity index (χ1n) is 4.01. The van der Waals surface area contributed by atoms with Gasteiger partial charge in [-0.15, -0.1) is 0 Å². The summed E-state index contributed by atoms with van der Waals surface area (Å²) in [5, 5.41) is 6.83. The number of aromatic nitrogens is 2. The van der Waals surface area contributed by atoms with E-state index in [4.69, 9.17) is 4.52 Å². The zero-order valence-electron chi connectivity index (χ0n) is 8.01. The van der Waals surface area contributed by atoms with Crippen molar-refractivity contribution in [2.45, 2.75) is 32.7 Å². The minimum Gasteiger partial charge on any atom is -0.338 e. The van der Waals surface area contributed by atoms with Gasteiger partial charge >= 0.3 is 0 Å².